The third kappa shape index (κ3) is 3.28. The number of carbonyl (C=O) groups is 3. The van der Waals surface area contributed by atoms with Crippen LogP contribution in [-0.4, -0.2) is 44.3 Å². The van der Waals surface area contributed by atoms with Gasteiger partial charge in [0, 0.05) is 12.7 Å². The maximum absolute atomic E-state index is 12.6. The molecule has 0 saturated heterocycles. The maximum Gasteiger partial charge on any atom is 0.407 e. The van der Waals surface area contributed by atoms with E-state index in [1.54, 1.807) is 39.1 Å². The predicted molar refractivity (Wildman–Crippen MR) is 83.2 cm³/mol. The Morgan fingerprint density at radius 2 is 1.87 bits per heavy atom. The molecule has 0 bridgehead atoms. The molecule has 124 valence electrons. The van der Waals surface area contributed by atoms with Crippen LogP contribution in [-0.2, 0) is 19.1 Å². The highest BCUT2D eigenvalue weighted by molar-refractivity contribution is 6.07. The van der Waals surface area contributed by atoms with Gasteiger partial charge in [0.25, 0.3) is 0 Å². The molecular formula is C16H20N2O5. The number of rotatable bonds is 5. The fourth-order valence-electron chi connectivity index (χ4n) is 2.65. The highest BCUT2D eigenvalue weighted by atomic mass is 16.6. The topological polar surface area (TPSA) is 84.9 Å². The van der Waals surface area contributed by atoms with E-state index in [1.165, 1.54) is 4.90 Å². The van der Waals surface area contributed by atoms with E-state index in [9.17, 15) is 14.4 Å². The molecule has 2 unspecified atom stereocenters. The Balaban J connectivity index is 2.36. The van der Waals surface area contributed by atoms with Crippen molar-refractivity contribution in [2.45, 2.75) is 25.8 Å². The molecule has 1 aliphatic heterocycles. The fraction of sp³-hybridized carbons (Fsp3) is 0.438. The summed E-state index contributed by atoms with van der Waals surface area (Å²) in [4.78, 5) is 38.1. The number of hydrogen-bond donors (Lipinski definition) is 1. The first kappa shape index (κ1) is 16.8. The quantitative estimate of drug-likeness (QED) is 0.830. The molecule has 7 heteroatoms. The zero-order valence-corrected chi connectivity index (χ0v) is 13.4. The predicted octanol–water partition coefficient (Wildman–Crippen LogP) is 1.42. The van der Waals surface area contributed by atoms with Crippen molar-refractivity contribution in [2.75, 3.05) is 25.2 Å². The number of alkyl carbamates (subject to hydrolysis) is 1. The molecule has 0 saturated carbocycles. The molecule has 0 fully saturated rings. The van der Waals surface area contributed by atoms with Gasteiger partial charge >= 0.3 is 12.1 Å². The summed E-state index contributed by atoms with van der Waals surface area (Å²) in [6.45, 7) is 3.63. The van der Waals surface area contributed by atoms with E-state index in [2.05, 4.69) is 5.32 Å². The van der Waals surface area contributed by atoms with Gasteiger partial charge in [-0.1, -0.05) is 18.2 Å². The molecule has 1 N–H and O–H groups in total. The first-order valence-corrected chi connectivity index (χ1v) is 7.47. The molecule has 0 radical (unpaired) electrons. The number of anilines is 1. The summed E-state index contributed by atoms with van der Waals surface area (Å²) in [5, 5.41) is 2.45. The normalized spacial score (nSPS) is 17.4. The number of amides is 2. The lowest BCUT2D eigenvalue weighted by molar-refractivity contribution is -0.147. The smallest absolute Gasteiger partial charge is 0.407 e. The molecule has 1 aromatic rings. The van der Waals surface area contributed by atoms with Gasteiger partial charge in [0.15, 0.2) is 0 Å². The maximum atomic E-state index is 12.6. The lowest BCUT2D eigenvalue weighted by Crippen LogP contribution is -2.48. The monoisotopic (exact) mass is 320 g/mol. The van der Waals surface area contributed by atoms with Crippen LogP contribution in [0.2, 0.25) is 0 Å². The Bertz CT molecular complexity index is 616. The van der Waals surface area contributed by atoms with Gasteiger partial charge in [-0.15, -0.1) is 0 Å². The molecule has 2 atom stereocenters. The molecule has 0 aromatic heterocycles. The number of esters is 1. The molecule has 1 aliphatic rings. The number of ether oxygens (including phenoxy) is 2. The van der Waals surface area contributed by atoms with Crippen molar-refractivity contribution in [3.05, 3.63) is 29.8 Å². The van der Waals surface area contributed by atoms with E-state index in [-0.39, 0.29) is 19.1 Å². The van der Waals surface area contributed by atoms with E-state index in [0.29, 0.717) is 11.3 Å². The first-order valence-electron chi connectivity index (χ1n) is 7.47. The summed E-state index contributed by atoms with van der Waals surface area (Å²) in [6.07, 6.45) is -0.759. The van der Waals surface area contributed by atoms with Crippen molar-refractivity contribution in [1.82, 2.24) is 5.32 Å². The number of benzene rings is 1. The van der Waals surface area contributed by atoms with Gasteiger partial charge < -0.3 is 19.7 Å². The van der Waals surface area contributed by atoms with Crippen LogP contribution >= 0.6 is 0 Å². The number of nitrogens with zero attached hydrogens (tertiary/aromatic N) is 1. The minimum atomic E-state index is -1.13. The van der Waals surface area contributed by atoms with Crippen LogP contribution in [0, 0.1) is 0 Å². The molecule has 23 heavy (non-hydrogen) atoms. The highest BCUT2D eigenvalue weighted by Crippen LogP contribution is 2.38. The van der Waals surface area contributed by atoms with Crippen LogP contribution < -0.4 is 10.2 Å². The van der Waals surface area contributed by atoms with Gasteiger partial charge in [0.05, 0.1) is 19.1 Å². The third-order valence-electron chi connectivity index (χ3n) is 3.65. The summed E-state index contributed by atoms with van der Waals surface area (Å²) in [5.74, 6) is -1.77. The lowest BCUT2D eigenvalue weighted by atomic mass is 9.92. The van der Waals surface area contributed by atoms with Crippen molar-refractivity contribution in [3.8, 4) is 0 Å². The molecule has 7 nitrogen and oxygen atoms in total. The number of carbonyl (C=O) groups excluding carboxylic acids is 3. The van der Waals surface area contributed by atoms with E-state index in [0.717, 1.165) is 0 Å². The Kier molecular flexibility index (Phi) is 5.20. The number of hydrogen-bond acceptors (Lipinski definition) is 5. The summed E-state index contributed by atoms with van der Waals surface area (Å²) >= 11 is 0. The van der Waals surface area contributed by atoms with Gasteiger partial charge in [0.1, 0.15) is 6.04 Å². The molecule has 2 amide bonds. The van der Waals surface area contributed by atoms with Crippen LogP contribution in [0.25, 0.3) is 0 Å². The molecule has 1 heterocycles. The first-order chi connectivity index (χ1) is 11.0. The average molecular weight is 320 g/mol. The summed E-state index contributed by atoms with van der Waals surface area (Å²) in [6, 6.07) is 6.02. The molecular weight excluding hydrogens is 300 g/mol. The summed E-state index contributed by atoms with van der Waals surface area (Å²) < 4.78 is 9.84. The zero-order valence-electron chi connectivity index (χ0n) is 13.4. The van der Waals surface area contributed by atoms with E-state index < -0.39 is 24.0 Å². The van der Waals surface area contributed by atoms with Crippen molar-refractivity contribution in [2.24, 2.45) is 0 Å². The Morgan fingerprint density at radius 3 is 2.52 bits per heavy atom. The lowest BCUT2D eigenvalue weighted by Gasteiger charge is -2.22. The van der Waals surface area contributed by atoms with E-state index in [4.69, 9.17) is 9.47 Å². The Labute approximate surface area is 134 Å². The molecule has 1 aromatic carbocycles. The highest BCUT2D eigenvalue weighted by Gasteiger charge is 2.45. The Morgan fingerprint density at radius 1 is 1.22 bits per heavy atom. The van der Waals surface area contributed by atoms with Crippen molar-refractivity contribution in [1.29, 1.82) is 0 Å². The van der Waals surface area contributed by atoms with Crippen LogP contribution in [0.15, 0.2) is 24.3 Å². The van der Waals surface area contributed by atoms with Crippen molar-refractivity contribution in [3.63, 3.8) is 0 Å². The summed E-state index contributed by atoms with van der Waals surface area (Å²) in [5.41, 5.74) is 1.39. The van der Waals surface area contributed by atoms with Crippen LogP contribution in [0.1, 0.15) is 25.3 Å². The summed E-state index contributed by atoms with van der Waals surface area (Å²) in [7, 11) is 1.63. The molecule has 0 aliphatic carbocycles. The minimum Gasteiger partial charge on any atom is -0.464 e. The van der Waals surface area contributed by atoms with E-state index in [1.807, 2.05) is 6.07 Å². The zero-order chi connectivity index (χ0) is 17.0. The third-order valence-corrected chi connectivity index (χ3v) is 3.65. The number of para-hydroxylation sites is 1. The second-order valence-electron chi connectivity index (χ2n) is 5.03. The average Bonchev–Trinajstić information content (AvgIpc) is 2.78. The minimum absolute atomic E-state index is 0.151. The van der Waals surface area contributed by atoms with Gasteiger partial charge in [0.2, 0.25) is 5.91 Å². The number of fused-ring (bicyclic) bond motifs is 1. The van der Waals surface area contributed by atoms with Crippen LogP contribution in [0.4, 0.5) is 10.5 Å². The van der Waals surface area contributed by atoms with Crippen LogP contribution in [0.5, 0.6) is 0 Å². The number of likely N-dealkylation sites (N-methyl/N-ethyl adjacent to an activating group) is 1. The standard InChI is InChI=1S/C16H20N2O5/c1-4-22-15(20)13(17-16(21)23-5-2)12-10-8-6-7-9-11(10)18(3)14(12)19/h6-9,12-13H,4-5H2,1-3H3,(H,17,21). The largest absolute Gasteiger partial charge is 0.464 e. The van der Waals surface area contributed by atoms with Gasteiger partial charge in [-0.2, -0.15) is 0 Å². The number of nitrogens with one attached hydrogen (secondary N) is 1. The second kappa shape index (κ2) is 7.13. The van der Waals surface area contributed by atoms with Crippen molar-refractivity contribution >= 4 is 23.7 Å². The van der Waals surface area contributed by atoms with Crippen molar-refractivity contribution < 1.29 is 23.9 Å². The fourth-order valence-corrected chi connectivity index (χ4v) is 2.65. The van der Waals surface area contributed by atoms with E-state index >= 15 is 0 Å². The SMILES string of the molecule is CCOC(=O)NC(C(=O)OCC)C1C(=O)N(C)c2ccccc21. The second-order valence-corrected chi connectivity index (χ2v) is 5.03. The Hall–Kier alpha value is -2.57. The van der Waals surface area contributed by atoms with Gasteiger partial charge in [-0.25, -0.2) is 9.59 Å². The van der Waals surface area contributed by atoms with Gasteiger partial charge in [-0.3, -0.25) is 4.79 Å². The van der Waals surface area contributed by atoms with Gasteiger partial charge in [-0.05, 0) is 25.5 Å². The molecule has 0 spiro atoms. The van der Waals surface area contributed by atoms with Crippen LogP contribution in [0.3, 0.4) is 0 Å². The molecule has 2 rings (SSSR count).